The Balaban J connectivity index is 2.16. The van der Waals surface area contributed by atoms with E-state index in [1.807, 2.05) is 24.7 Å². The van der Waals surface area contributed by atoms with Gasteiger partial charge in [-0.25, -0.2) is 4.98 Å². The molecule has 0 fully saturated rings. The van der Waals surface area contributed by atoms with E-state index in [0.717, 1.165) is 30.1 Å². The number of hydrogen-bond acceptors (Lipinski definition) is 2. The van der Waals surface area contributed by atoms with E-state index in [9.17, 15) is 13.2 Å². The van der Waals surface area contributed by atoms with Crippen molar-refractivity contribution in [2.45, 2.75) is 32.1 Å². The first-order valence-electron chi connectivity index (χ1n) is 6.80. The van der Waals surface area contributed by atoms with Crippen LogP contribution in [0.5, 0.6) is 0 Å². The fraction of sp³-hybridized carbons (Fsp3) is 0.400. The lowest BCUT2D eigenvalue weighted by Crippen LogP contribution is -2.22. The fourth-order valence-electron chi connectivity index (χ4n) is 2.29. The third-order valence-corrected chi connectivity index (χ3v) is 3.47. The molecule has 6 heteroatoms. The maximum absolute atomic E-state index is 12.5. The number of likely N-dealkylation sites (N-methyl/N-ethyl adjacent to an activating group) is 1. The van der Waals surface area contributed by atoms with Gasteiger partial charge in [-0.3, -0.25) is 0 Å². The Hall–Kier alpha value is -1.82. The first-order valence-corrected chi connectivity index (χ1v) is 6.80. The Kier molecular flexibility index (Phi) is 4.67. The van der Waals surface area contributed by atoms with Crippen molar-refractivity contribution >= 4 is 0 Å². The summed E-state index contributed by atoms with van der Waals surface area (Å²) in [6.07, 6.45) is -0.0760. The lowest BCUT2D eigenvalue weighted by Gasteiger charge is -2.17. The standard InChI is InChI=1S/C15H18F3N3/c1-3-21-9-8-20-14(21)13(19-2)10-11-4-6-12(7-5-11)15(16,17)18/h4-9,13,19H,3,10H2,1-2H3. The number of aryl methyl sites for hydroxylation is 1. The highest BCUT2D eigenvalue weighted by Crippen LogP contribution is 2.29. The highest BCUT2D eigenvalue weighted by Gasteiger charge is 2.30. The molecule has 2 aromatic rings. The van der Waals surface area contributed by atoms with E-state index in [0.29, 0.717) is 6.42 Å². The van der Waals surface area contributed by atoms with Gasteiger partial charge >= 0.3 is 6.18 Å². The minimum absolute atomic E-state index is 0.0308. The summed E-state index contributed by atoms with van der Waals surface area (Å²) in [7, 11) is 1.82. The molecule has 1 aromatic heterocycles. The van der Waals surface area contributed by atoms with Gasteiger partial charge in [-0.2, -0.15) is 13.2 Å². The number of alkyl halides is 3. The number of nitrogens with zero attached hydrogens (tertiary/aromatic N) is 2. The molecule has 0 spiro atoms. The zero-order chi connectivity index (χ0) is 15.5. The van der Waals surface area contributed by atoms with E-state index in [4.69, 9.17) is 0 Å². The van der Waals surface area contributed by atoms with Crippen LogP contribution in [0.1, 0.15) is 29.9 Å². The molecule has 0 saturated heterocycles. The second kappa shape index (κ2) is 6.30. The van der Waals surface area contributed by atoms with Gasteiger partial charge in [-0.1, -0.05) is 12.1 Å². The molecule has 0 aliphatic carbocycles. The van der Waals surface area contributed by atoms with E-state index in [1.54, 1.807) is 6.20 Å². The molecule has 0 radical (unpaired) electrons. The summed E-state index contributed by atoms with van der Waals surface area (Å²) in [5, 5.41) is 3.17. The molecular formula is C15H18F3N3. The summed E-state index contributed by atoms with van der Waals surface area (Å²) >= 11 is 0. The van der Waals surface area contributed by atoms with Gasteiger partial charge in [0.25, 0.3) is 0 Å². The van der Waals surface area contributed by atoms with Crippen LogP contribution in [0.4, 0.5) is 13.2 Å². The van der Waals surface area contributed by atoms with Crippen LogP contribution in [0.3, 0.4) is 0 Å². The summed E-state index contributed by atoms with van der Waals surface area (Å²) < 4.78 is 39.7. The largest absolute Gasteiger partial charge is 0.416 e. The van der Waals surface area contributed by atoms with Crippen molar-refractivity contribution in [2.24, 2.45) is 0 Å². The van der Waals surface area contributed by atoms with Gasteiger partial charge < -0.3 is 9.88 Å². The SMILES string of the molecule is CCn1ccnc1C(Cc1ccc(C(F)(F)F)cc1)NC. The second-order valence-electron chi connectivity index (χ2n) is 4.81. The van der Waals surface area contributed by atoms with Crippen LogP contribution in [0.25, 0.3) is 0 Å². The smallest absolute Gasteiger partial charge is 0.334 e. The molecule has 0 aliphatic heterocycles. The molecule has 1 atom stereocenters. The van der Waals surface area contributed by atoms with E-state index in [2.05, 4.69) is 10.3 Å². The second-order valence-corrected chi connectivity index (χ2v) is 4.81. The molecule has 0 amide bonds. The van der Waals surface area contributed by atoms with Crippen LogP contribution in [-0.4, -0.2) is 16.6 Å². The minimum atomic E-state index is -4.29. The fourth-order valence-corrected chi connectivity index (χ4v) is 2.29. The number of nitrogens with one attached hydrogen (secondary N) is 1. The zero-order valence-corrected chi connectivity index (χ0v) is 12.0. The van der Waals surface area contributed by atoms with Gasteiger partial charge in [-0.15, -0.1) is 0 Å². The molecule has 2 rings (SSSR count). The topological polar surface area (TPSA) is 29.9 Å². The molecule has 1 heterocycles. The molecule has 1 aromatic carbocycles. The van der Waals surface area contributed by atoms with Gasteiger partial charge in [-0.05, 0) is 38.1 Å². The maximum Gasteiger partial charge on any atom is 0.416 e. The summed E-state index contributed by atoms with van der Waals surface area (Å²) in [4.78, 5) is 4.33. The van der Waals surface area contributed by atoms with Crippen molar-refractivity contribution in [2.75, 3.05) is 7.05 Å². The molecule has 0 bridgehead atoms. The summed E-state index contributed by atoms with van der Waals surface area (Å²) in [6, 6.07) is 5.25. The van der Waals surface area contributed by atoms with Crippen molar-refractivity contribution < 1.29 is 13.2 Å². The van der Waals surface area contributed by atoms with Crippen LogP contribution in [0.2, 0.25) is 0 Å². The zero-order valence-electron chi connectivity index (χ0n) is 12.0. The van der Waals surface area contributed by atoms with Gasteiger partial charge in [0.15, 0.2) is 0 Å². The molecule has 1 N–H and O–H groups in total. The van der Waals surface area contributed by atoms with Gasteiger partial charge in [0.1, 0.15) is 5.82 Å². The van der Waals surface area contributed by atoms with Crippen LogP contribution >= 0.6 is 0 Å². The van der Waals surface area contributed by atoms with Crippen LogP contribution in [-0.2, 0) is 19.1 Å². The van der Waals surface area contributed by atoms with E-state index >= 15 is 0 Å². The van der Waals surface area contributed by atoms with Gasteiger partial charge in [0.05, 0.1) is 11.6 Å². The molecule has 0 saturated carbocycles. The van der Waals surface area contributed by atoms with Crippen molar-refractivity contribution in [3.05, 3.63) is 53.6 Å². The highest BCUT2D eigenvalue weighted by molar-refractivity contribution is 5.25. The number of imidazole rings is 1. The molecule has 21 heavy (non-hydrogen) atoms. The van der Waals surface area contributed by atoms with Crippen molar-refractivity contribution in [3.8, 4) is 0 Å². The number of halogens is 3. The minimum Gasteiger partial charge on any atom is -0.334 e. The first kappa shape index (κ1) is 15.6. The number of hydrogen-bond donors (Lipinski definition) is 1. The lowest BCUT2D eigenvalue weighted by atomic mass is 10.0. The van der Waals surface area contributed by atoms with Crippen LogP contribution < -0.4 is 5.32 Å². The highest BCUT2D eigenvalue weighted by atomic mass is 19.4. The first-order chi connectivity index (χ1) is 9.95. The molecule has 1 unspecified atom stereocenters. The average molecular weight is 297 g/mol. The van der Waals surface area contributed by atoms with E-state index < -0.39 is 11.7 Å². The summed E-state index contributed by atoms with van der Waals surface area (Å²) in [5.74, 6) is 0.889. The average Bonchev–Trinajstić information content (AvgIpc) is 2.92. The number of rotatable bonds is 5. The Labute approximate surface area is 121 Å². The lowest BCUT2D eigenvalue weighted by molar-refractivity contribution is -0.137. The molecule has 114 valence electrons. The normalized spacial score (nSPS) is 13.4. The Morgan fingerprint density at radius 1 is 1.24 bits per heavy atom. The van der Waals surface area contributed by atoms with Crippen LogP contribution in [0, 0.1) is 0 Å². The summed E-state index contributed by atoms with van der Waals surface area (Å²) in [6.45, 7) is 2.83. The van der Waals surface area contributed by atoms with Crippen molar-refractivity contribution in [1.82, 2.24) is 14.9 Å². The monoisotopic (exact) mass is 297 g/mol. The number of aromatic nitrogens is 2. The molecule has 0 aliphatic rings. The Morgan fingerprint density at radius 2 is 1.90 bits per heavy atom. The van der Waals surface area contributed by atoms with Crippen molar-refractivity contribution in [3.63, 3.8) is 0 Å². The van der Waals surface area contributed by atoms with E-state index in [-0.39, 0.29) is 6.04 Å². The van der Waals surface area contributed by atoms with E-state index in [1.165, 1.54) is 12.1 Å². The Morgan fingerprint density at radius 3 is 2.43 bits per heavy atom. The predicted octanol–water partition coefficient (Wildman–Crippen LogP) is 3.43. The van der Waals surface area contributed by atoms with Gasteiger partial charge in [0, 0.05) is 18.9 Å². The summed E-state index contributed by atoms with van der Waals surface area (Å²) in [5.41, 5.74) is 0.218. The number of benzene rings is 1. The van der Waals surface area contributed by atoms with Gasteiger partial charge in [0.2, 0.25) is 0 Å². The quantitative estimate of drug-likeness (QED) is 0.916. The maximum atomic E-state index is 12.5. The predicted molar refractivity (Wildman–Crippen MR) is 74.8 cm³/mol. The third kappa shape index (κ3) is 3.64. The third-order valence-electron chi connectivity index (χ3n) is 3.47. The van der Waals surface area contributed by atoms with Crippen LogP contribution in [0.15, 0.2) is 36.7 Å². The molecular weight excluding hydrogens is 279 g/mol. The van der Waals surface area contributed by atoms with Crippen molar-refractivity contribution in [1.29, 1.82) is 0 Å². The Bertz CT molecular complexity index is 573. The molecule has 3 nitrogen and oxygen atoms in total.